The van der Waals surface area contributed by atoms with Crippen LogP contribution in [0.5, 0.6) is 0 Å². The van der Waals surface area contributed by atoms with E-state index in [0.29, 0.717) is 0 Å². The van der Waals surface area contributed by atoms with E-state index < -0.39 is 0 Å². The molecule has 1 N–H and O–H groups in total. The fourth-order valence-corrected chi connectivity index (χ4v) is 3.60. The minimum absolute atomic E-state index is 0.756. The molecule has 1 aromatic carbocycles. The molecule has 1 aliphatic rings. The van der Waals surface area contributed by atoms with Crippen LogP contribution >= 0.6 is 27.7 Å². The smallest absolute Gasteiger partial charge is 0.134 e. The van der Waals surface area contributed by atoms with Crippen molar-refractivity contribution in [3.63, 3.8) is 0 Å². The first kappa shape index (κ1) is 14.7. The van der Waals surface area contributed by atoms with Crippen LogP contribution in [-0.2, 0) is 6.54 Å². The molecule has 0 radical (unpaired) electrons. The Morgan fingerprint density at radius 3 is 2.86 bits per heavy atom. The maximum atomic E-state index is 4.39. The quantitative estimate of drug-likeness (QED) is 0.900. The molecular formula is C15H17BrN4S. The summed E-state index contributed by atoms with van der Waals surface area (Å²) in [5.41, 5.74) is 1.22. The fourth-order valence-electron chi connectivity index (χ4n) is 2.25. The summed E-state index contributed by atoms with van der Waals surface area (Å²) >= 11 is 5.49. The lowest BCUT2D eigenvalue weighted by molar-refractivity contribution is 0.835. The van der Waals surface area contributed by atoms with E-state index in [9.17, 15) is 0 Å². The number of thioether (sulfide) groups is 1. The molecule has 1 aromatic heterocycles. The van der Waals surface area contributed by atoms with Crippen molar-refractivity contribution in [1.29, 1.82) is 0 Å². The zero-order chi connectivity index (χ0) is 14.5. The van der Waals surface area contributed by atoms with Crippen LogP contribution < -0.4 is 10.2 Å². The molecule has 2 heterocycles. The first-order chi connectivity index (χ1) is 10.3. The molecule has 21 heavy (non-hydrogen) atoms. The third kappa shape index (κ3) is 4.11. The monoisotopic (exact) mass is 364 g/mol. The van der Waals surface area contributed by atoms with Crippen molar-refractivity contribution in [3.05, 3.63) is 46.7 Å². The molecule has 0 saturated carbocycles. The molecule has 0 spiro atoms. The van der Waals surface area contributed by atoms with Gasteiger partial charge in [-0.2, -0.15) is 11.8 Å². The van der Waals surface area contributed by atoms with E-state index in [4.69, 9.17) is 0 Å². The van der Waals surface area contributed by atoms with Gasteiger partial charge < -0.3 is 10.2 Å². The van der Waals surface area contributed by atoms with E-state index in [2.05, 4.69) is 48.2 Å². The zero-order valence-electron chi connectivity index (χ0n) is 11.6. The molecule has 1 fully saturated rings. The predicted octanol–water partition coefficient (Wildman–Crippen LogP) is 3.40. The number of hydrogen-bond acceptors (Lipinski definition) is 5. The lowest BCUT2D eigenvalue weighted by atomic mass is 10.2. The van der Waals surface area contributed by atoms with Crippen molar-refractivity contribution in [2.45, 2.75) is 6.54 Å². The summed E-state index contributed by atoms with van der Waals surface area (Å²) < 4.78 is 1.09. The number of halogens is 1. The SMILES string of the molecule is Brc1cccc(CNc2cc(N3CCSCC3)ncn2)c1. The van der Waals surface area contributed by atoms with Gasteiger partial charge in [-0.15, -0.1) is 0 Å². The van der Waals surface area contributed by atoms with Gasteiger partial charge in [0.15, 0.2) is 0 Å². The summed E-state index contributed by atoms with van der Waals surface area (Å²) in [4.78, 5) is 11.0. The highest BCUT2D eigenvalue weighted by molar-refractivity contribution is 9.10. The van der Waals surface area contributed by atoms with E-state index in [1.54, 1.807) is 6.33 Å². The Morgan fingerprint density at radius 2 is 2.05 bits per heavy atom. The van der Waals surface area contributed by atoms with Gasteiger partial charge in [0.25, 0.3) is 0 Å². The lowest BCUT2D eigenvalue weighted by Crippen LogP contribution is -2.33. The van der Waals surface area contributed by atoms with Crippen molar-refractivity contribution in [2.24, 2.45) is 0 Å². The minimum Gasteiger partial charge on any atom is -0.366 e. The van der Waals surface area contributed by atoms with Crippen molar-refractivity contribution in [2.75, 3.05) is 34.8 Å². The molecule has 0 aliphatic carbocycles. The van der Waals surface area contributed by atoms with Crippen molar-refractivity contribution in [3.8, 4) is 0 Å². The summed E-state index contributed by atoms with van der Waals surface area (Å²) in [6.07, 6.45) is 1.64. The molecule has 2 aromatic rings. The van der Waals surface area contributed by atoms with Crippen molar-refractivity contribution < 1.29 is 0 Å². The lowest BCUT2D eigenvalue weighted by Gasteiger charge is -2.27. The van der Waals surface area contributed by atoms with Gasteiger partial charge in [0.2, 0.25) is 0 Å². The van der Waals surface area contributed by atoms with Gasteiger partial charge in [-0.1, -0.05) is 28.1 Å². The standard InChI is InChI=1S/C15H17BrN4S/c16-13-3-1-2-12(8-13)10-17-14-9-15(19-11-18-14)20-4-6-21-7-5-20/h1-3,8-9,11H,4-7,10H2,(H,17,18,19). The van der Waals surface area contributed by atoms with Gasteiger partial charge in [0.05, 0.1) is 0 Å². The number of benzene rings is 1. The van der Waals surface area contributed by atoms with E-state index in [1.807, 2.05) is 30.0 Å². The molecular weight excluding hydrogens is 348 g/mol. The zero-order valence-corrected chi connectivity index (χ0v) is 14.0. The Morgan fingerprint density at radius 1 is 1.19 bits per heavy atom. The molecule has 6 heteroatoms. The van der Waals surface area contributed by atoms with Crippen LogP contribution in [0.25, 0.3) is 0 Å². The number of nitrogens with one attached hydrogen (secondary N) is 1. The maximum absolute atomic E-state index is 4.39. The Labute approximate surface area is 137 Å². The highest BCUT2D eigenvalue weighted by atomic mass is 79.9. The van der Waals surface area contributed by atoms with Gasteiger partial charge >= 0.3 is 0 Å². The van der Waals surface area contributed by atoms with E-state index >= 15 is 0 Å². The summed E-state index contributed by atoms with van der Waals surface area (Å²) in [6.45, 7) is 2.88. The Hall–Kier alpha value is -1.27. The van der Waals surface area contributed by atoms with Gasteiger partial charge in [-0.05, 0) is 17.7 Å². The number of anilines is 2. The largest absolute Gasteiger partial charge is 0.366 e. The van der Waals surface area contributed by atoms with Crippen LogP contribution in [0.1, 0.15) is 5.56 Å². The third-order valence-corrected chi connectivity index (χ3v) is 4.79. The minimum atomic E-state index is 0.756. The van der Waals surface area contributed by atoms with Crippen LogP contribution in [0.4, 0.5) is 11.6 Å². The molecule has 110 valence electrons. The van der Waals surface area contributed by atoms with Gasteiger partial charge in [0, 0.05) is 41.7 Å². The van der Waals surface area contributed by atoms with Crippen LogP contribution in [-0.4, -0.2) is 34.6 Å². The molecule has 0 bridgehead atoms. The van der Waals surface area contributed by atoms with Crippen LogP contribution in [0.2, 0.25) is 0 Å². The predicted molar refractivity (Wildman–Crippen MR) is 93.0 cm³/mol. The van der Waals surface area contributed by atoms with Gasteiger partial charge in [0.1, 0.15) is 18.0 Å². The first-order valence-corrected chi connectivity index (χ1v) is 8.89. The highest BCUT2D eigenvalue weighted by Gasteiger charge is 2.12. The molecule has 0 atom stereocenters. The number of nitrogens with zero attached hydrogens (tertiary/aromatic N) is 3. The Balaban J connectivity index is 1.65. The Kier molecular flexibility index (Phi) is 4.98. The van der Waals surface area contributed by atoms with Crippen molar-refractivity contribution in [1.82, 2.24) is 9.97 Å². The summed E-state index contributed by atoms with van der Waals surface area (Å²) in [5.74, 6) is 4.23. The second kappa shape index (κ2) is 7.13. The molecule has 3 rings (SSSR count). The fraction of sp³-hybridized carbons (Fsp3) is 0.333. The number of aromatic nitrogens is 2. The first-order valence-electron chi connectivity index (χ1n) is 6.94. The van der Waals surface area contributed by atoms with Crippen LogP contribution in [0, 0.1) is 0 Å². The summed E-state index contributed by atoms with van der Waals surface area (Å²) in [6, 6.07) is 10.3. The molecule has 1 saturated heterocycles. The normalized spacial score (nSPS) is 15.0. The van der Waals surface area contributed by atoms with Crippen LogP contribution in [0.15, 0.2) is 41.1 Å². The average Bonchev–Trinajstić information content (AvgIpc) is 2.54. The van der Waals surface area contributed by atoms with E-state index in [-0.39, 0.29) is 0 Å². The van der Waals surface area contributed by atoms with Gasteiger partial charge in [-0.3, -0.25) is 0 Å². The summed E-state index contributed by atoms with van der Waals surface area (Å²) in [5, 5.41) is 3.36. The highest BCUT2D eigenvalue weighted by Crippen LogP contribution is 2.19. The second-order valence-corrected chi connectivity index (χ2v) is 6.98. The summed E-state index contributed by atoms with van der Waals surface area (Å²) in [7, 11) is 0. The topological polar surface area (TPSA) is 41.0 Å². The molecule has 0 unspecified atom stereocenters. The average molecular weight is 365 g/mol. The van der Waals surface area contributed by atoms with Gasteiger partial charge in [-0.25, -0.2) is 9.97 Å². The van der Waals surface area contributed by atoms with E-state index in [0.717, 1.165) is 35.7 Å². The third-order valence-electron chi connectivity index (χ3n) is 3.35. The second-order valence-electron chi connectivity index (χ2n) is 4.84. The van der Waals surface area contributed by atoms with E-state index in [1.165, 1.54) is 17.1 Å². The molecule has 1 aliphatic heterocycles. The van der Waals surface area contributed by atoms with Crippen LogP contribution in [0.3, 0.4) is 0 Å². The number of hydrogen-bond donors (Lipinski definition) is 1. The maximum Gasteiger partial charge on any atom is 0.134 e. The van der Waals surface area contributed by atoms with Crippen molar-refractivity contribution >= 4 is 39.3 Å². The molecule has 4 nitrogen and oxygen atoms in total. The number of rotatable bonds is 4. The molecule has 0 amide bonds. The Bertz CT molecular complexity index is 602.